The predicted octanol–water partition coefficient (Wildman–Crippen LogP) is 5.60. The second-order valence-corrected chi connectivity index (χ2v) is 8.35. The summed E-state index contributed by atoms with van der Waals surface area (Å²) in [7, 11) is 0. The average Bonchev–Trinajstić information content (AvgIpc) is 2.81. The van der Waals surface area contributed by atoms with Crippen molar-refractivity contribution in [2.75, 3.05) is 18.0 Å². The number of nitrogens with zero attached hydrogens (tertiary/aromatic N) is 3. The van der Waals surface area contributed by atoms with Crippen molar-refractivity contribution < 1.29 is 9.15 Å². The molecule has 1 heterocycles. The molecule has 0 saturated heterocycles. The molecular weight excluding hydrogens is 423 g/mol. The van der Waals surface area contributed by atoms with E-state index < -0.39 is 0 Å². The van der Waals surface area contributed by atoms with Crippen LogP contribution in [0.3, 0.4) is 0 Å². The molecule has 3 aromatic carbocycles. The Kier molecular flexibility index (Phi) is 6.87. The maximum atomic E-state index is 14.9. The third-order valence-electron chi connectivity index (χ3n) is 4.91. The number of hydrogen-bond donors (Lipinski definition) is 1. The van der Waals surface area contributed by atoms with E-state index in [-0.39, 0.29) is 11.6 Å². The van der Waals surface area contributed by atoms with E-state index in [0.717, 1.165) is 26.3 Å². The summed E-state index contributed by atoms with van der Waals surface area (Å²) in [5.74, 6) is 0.543. The second-order valence-electron chi connectivity index (χ2n) is 7.21. The summed E-state index contributed by atoms with van der Waals surface area (Å²) in [6.45, 7) is 0.765. The number of hydrogen-bond acceptors (Lipinski definition) is 5. The van der Waals surface area contributed by atoms with Crippen molar-refractivity contribution >= 4 is 17.6 Å². The molecule has 0 fully saturated rings. The first-order valence-electron chi connectivity index (χ1n) is 10.2. The number of halogens is 1. The van der Waals surface area contributed by atoms with Crippen molar-refractivity contribution in [2.24, 2.45) is 0 Å². The Balaban J connectivity index is 1.45. The molecule has 0 atom stereocenters. The highest BCUT2D eigenvalue weighted by molar-refractivity contribution is 7.99. The van der Waals surface area contributed by atoms with Gasteiger partial charge in [-0.25, -0.2) is 9.37 Å². The lowest BCUT2D eigenvalue weighted by Gasteiger charge is -2.10. The highest BCUT2D eigenvalue weighted by Gasteiger charge is 2.13. The number of nitroso groups, excluding NO2 is 1. The van der Waals surface area contributed by atoms with Gasteiger partial charge in [0.15, 0.2) is 0 Å². The minimum atomic E-state index is -0.380. The quantitative estimate of drug-likeness (QED) is 0.282. The van der Waals surface area contributed by atoms with Gasteiger partial charge in [0.2, 0.25) is 13.1 Å². The molecule has 7 heteroatoms. The molecule has 2 N–H and O–H groups in total. The molecule has 0 radical (unpaired) electrons. The summed E-state index contributed by atoms with van der Waals surface area (Å²) in [5.41, 5.74) is 9.05. The molecule has 0 aliphatic heterocycles. The van der Waals surface area contributed by atoms with Gasteiger partial charge in [-0.2, -0.15) is 0 Å². The van der Waals surface area contributed by atoms with Gasteiger partial charge in [-0.05, 0) is 29.3 Å². The minimum absolute atomic E-state index is 0.289. The fourth-order valence-corrected chi connectivity index (χ4v) is 4.35. The first-order valence-corrected chi connectivity index (χ1v) is 11.1. The van der Waals surface area contributed by atoms with Crippen LogP contribution in [-0.2, 0) is 6.54 Å². The van der Waals surface area contributed by atoms with Gasteiger partial charge in [0.05, 0.1) is 23.8 Å². The zero-order chi connectivity index (χ0) is 22.3. The molecule has 0 aliphatic rings. The summed E-state index contributed by atoms with van der Waals surface area (Å²) in [6.07, 6.45) is 2.87. The molecule has 4 aromatic rings. The summed E-state index contributed by atoms with van der Waals surface area (Å²) in [5, 5.41) is 0. The molecule has 160 valence electrons. The smallest absolute Gasteiger partial charge is 0.217 e. The van der Waals surface area contributed by atoms with Gasteiger partial charge in [-0.15, -0.1) is 11.8 Å². The van der Waals surface area contributed by atoms with Crippen LogP contribution in [0.4, 0.5) is 10.2 Å². The van der Waals surface area contributed by atoms with Crippen LogP contribution in [0, 0.1) is 10.7 Å². The van der Waals surface area contributed by atoms with Gasteiger partial charge in [0.1, 0.15) is 11.6 Å². The fraction of sp³-hybridized carbons (Fsp3) is 0.120. The molecule has 5 nitrogen and oxygen atoms in total. The molecular formula is C25H22FN4OS+. The van der Waals surface area contributed by atoms with Crippen LogP contribution in [0.1, 0.15) is 5.56 Å². The molecule has 32 heavy (non-hydrogen) atoms. The Bertz CT molecular complexity index is 1220. The van der Waals surface area contributed by atoms with E-state index in [0.29, 0.717) is 30.1 Å². The van der Waals surface area contributed by atoms with Crippen LogP contribution in [0.15, 0.2) is 90.1 Å². The number of rotatable bonds is 8. The zero-order valence-electron chi connectivity index (χ0n) is 17.3. The molecule has 0 unspecified atom stereocenters. The van der Waals surface area contributed by atoms with Crippen molar-refractivity contribution in [3.05, 3.63) is 101 Å². The number of nitrogen functional groups attached to an aromatic ring is 1. The maximum Gasteiger partial charge on any atom is 0.217 e. The number of aromatic nitrogens is 2. The van der Waals surface area contributed by atoms with Crippen molar-refractivity contribution in [2.45, 2.75) is 11.4 Å². The van der Waals surface area contributed by atoms with E-state index >= 15 is 0 Å². The van der Waals surface area contributed by atoms with Crippen molar-refractivity contribution in [1.82, 2.24) is 9.97 Å². The van der Waals surface area contributed by atoms with Gasteiger partial charge in [0, 0.05) is 25.7 Å². The molecule has 0 saturated carbocycles. The summed E-state index contributed by atoms with van der Waals surface area (Å²) in [4.78, 5) is 21.4. The summed E-state index contributed by atoms with van der Waals surface area (Å²) < 4.78 is 15.9. The lowest BCUT2D eigenvalue weighted by atomic mass is 10.0. The Hall–Kier alpha value is -3.58. The van der Waals surface area contributed by atoms with Gasteiger partial charge in [0.25, 0.3) is 0 Å². The van der Waals surface area contributed by atoms with Gasteiger partial charge >= 0.3 is 0 Å². The van der Waals surface area contributed by atoms with E-state index in [1.807, 2.05) is 60.7 Å². The average molecular weight is 446 g/mol. The number of benzene rings is 3. The topological polar surface area (TPSA) is 71.9 Å². The highest BCUT2D eigenvalue weighted by Crippen LogP contribution is 2.33. The number of anilines is 1. The van der Waals surface area contributed by atoms with Crippen LogP contribution < -0.4 is 5.73 Å². The zero-order valence-corrected chi connectivity index (χ0v) is 18.1. The third-order valence-corrected chi connectivity index (χ3v) is 5.97. The van der Waals surface area contributed by atoms with Crippen LogP contribution in [0.2, 0.25) is 0 Å². The molecule has 0 aliphatic carbocycles. The largest absolute Gasteiger partial charge is 0.382 e. The van der Waals surface area contributed by atoms with Crippen molar-refractivity contribution in [3.8, 4) is 22.4 Å². The molecule has 1 aromatic heterocycles. The first-order chi connectivity index (χ1) is 15.6. The highest BCUT2D eigenvalue weighted by atomic mass is 32.2. The van der Waals surface area contributed by atoms with Gasteiger partial charge < -0.3 is 5.73 Å². The minimum Gasteiger partial charge on any atom is -0.382 e. The maximum absolute atomic E-state index is 14.9. The molecule has 0 bridgehead atoms. The first kappa shape index (κ1) is 21.6. The normalized spacial score (nSPS) is 10.8. The summed E-state index contributed by atoms with van der Waals surface area (Å²) in [6, 6.07) is 22.6. The monoisotopic (exact) mass is 445 g/mol. The van der Waals surface area contributed by atoms with Crippen molar-refractivity contribution in [1.29, 1.82) is 0 Å². The Labute approximate surface area is 190 Å². The molecule has 0 amide bonds. The van der Waals surface area contributed by atoms with Gasteiger partial charge in [-0.3, -0.25) is 4.98 Å². The van der Waals surface area contributed by atoms with Crippen LogP contribution in [-0.4, -0.2) is 27.0 Å². The molecule has 4 rings (SSSR count). The number of thioether (sulfide) groups is 1. The lowest BCUT2D eigenvalue weighted by molar-refractivity contribution is -0.560. The van der Waals surface area contributed by atoms with Crippen LogP contribution >= 0.6 is 11.8 Å². The second kappa shape index (κ2) is 10.2. The number of nitrogens with two attached hydrogens (primary N) is 1. The third kappa shape index (κ3) is 5.36. The van der Waals surface area contributed by atoms with E-state index in [9.17, 15) is 9.30 Å². The summed E-state index contributed by atoms with van der Waals surface area (Å²) >= 11 is 1.59. The van der Waals surface area contributed by atoms with E-state index in [1.165, 1.54) is 18.5 Å². The SMILES string of the molecule is Nc1cnc(-c2ccc(-c3ccccc3SCC[N+](=O)Cc3ccccc3)cc2F)cn1. The fourth-order valence-electron chi connectivity index (χ4n) is 3.32. The predicted molar refractivity (Wildman–Crippen MR) is 127 cm³/mol. The van der Waals surface area contributed by atoms with E-state index in [2.05, 4.69) is 9.97 Å². The Morgan fingerprint density at radius 1 is 0.906 bits per heavy atom. The Morgan fingerprint density at radius 3 is 2.44 bits per heavy atom. The van der Waals surface area contributed by atoms with E-state index in [1.54, 1.807) is 17.8 Å². The van der Waals surface area contributed by atoms with Crippen LogP contribution in [0.25, 0.3) is 22.4 Å². The standard InChI is InChI=1S/C25H22FN4OS/c26-22-14-19(10-11-21(22)23-15-29-25(27)16-28-23)20-8-4-5-9-24(20)32-13-12-30(31)17-18-6-2-1-3-7-18/h1-11,14-16H,12-13,17H2,(H2,27,29)/q+1. The van der Waals surface area contributed by atoms with Gasteiger partial charge in [-0.1, -0.05) is 54.6 Å². The Morgan fingerprint density at radius 2 is 1.69 bits per heavy atom. The van der Waals surface area contributed by atoms with Crippen molar-refractivity contribution in [3.63, 3.8) is 0 Å². The lowest BCUT2D eigenvalue weighted by Crippen LogP contribution is -2.11. The molecule has 0 spiro atoms. The van der Waals surface area contributed by atoms with E-state index in [4.69, 9.17) is 5.73 Å². The van der Waals surface area contributed by atoms with Crippen LogP contribution in [0.5, 0.6) is 0 Å².